The molecule has 1 atom stereocenters. The standard InChI is InChI=1S/C10H18N4O2S2/c1-13(2)18(15,16)12-8-9-4-3-6-14(9)10-11-5-7-17-10/h5,7,9,12H,3-4,6,8H2,1-2H3. The lowest BCUT2D eigenvalue weighted by molar-refractivity contribution is 0.498. The summed E-state index contributed by atoms with van der Waals surface area (Å²) in [5, 5.41) is 2.91. The molecule has 0 aromatic carbocycles. The van der Waals surface area contributed by atoms with Crippen molar-refractivity contribution < 1.29 is 8.42 Å². The van der Waals surface area contributed by atoms with E-state index in [1.54, 1.807) is 17.5 Å². The van der Waals surface area contributed by atoms with Crippen LogP contribution in [0.1, 0.15) is 12.8 Å². The summed E-state index contributed by atoms with van der Waals surface area (Å²) in [6.07, 6.45) is 3.85. The molecule has 8 heteroatoms. The minimum Gasteiger partial charge on any atom is -0.344 e. The zero-order chi connectivity index (χ0) is 13.2. The van der Waals surface area contributed by atoms with Gasteiger partial charge in [0, 0.05) is 44.8 Å². The van der Waals surface area contributed by atoms with Crippen molar-refractivity contribution in [2.75, 3.05) is 32.1 Å². The Hall–Kier alpha value is -0.700. The lowest BCUT2D eigenvalue weighted by atomic mass is 10.2. The van der Waals surface area contributed by atoms with E-state index in [-0.39, 0.29) is 6.04 Å². The number of rotatable bonds is 5. The number of anilines is 1. The molecule has 102 valence electrons. The Kier molecular flexibility index (Phi) is 4.21. The molecule has 1 fully saturated rings. The van der Waals surface area contributed by atoms with Crippen LogP contribution in [0.25, 0.3) is 0 Å². The molecule has 6 nitrogen and oxygen atoms in total. The van der Waals surface area contributed by atoms with Crippen LogP contribution in [0.15, 0.2) is 11.6 Å². The smallest absolute Gasteiger partial charge is 0.279 e. The Bertz CT molecular complexity index is 472. The third-order valence-corrected chi connectivity index (χ3v) is 5.33. The number of nitrogens with zero attached hydrogens (tertiary/aromatic N) is 3. The van der Waals surface area contributed by atoms with Crippen LogP contribution in [0, 0.1) is 0 Å². The Labute approximate surface area is 112 Å². The number of aromatic nitrogens is 1. The minimum atomic E-state index is -3.34. The largest absolute Gasteiger partial charge is 0.344 e. The average Bonchev–Trinajstić information content (AvgIpc) is 2.96. The zero-order valence-corrected chi connectivity index (χ0v) is 12.2. The molecular weight excluding hydrogens is 272 g/mol. The highest BCUT2D eigenvalue weighted by Gasteiger charge is 2.27. The van der Waals surface area contributed by atoms with Gasteiger partial charge in [0.15, 0.2) is 5.13 Å². The molecule has 18 heavy (non-hydrogen) atoms. The van der Waals surface area contributed by atoms with Crippen LogP contribution in [-0.4, -0.2) is 50.9 Å². The summed E-state index contributed by atoms with van der Waals surface area (Å²) in [5.41, 5.74) is 0. The predicted octanol–water partition coefficient (Wildman–Crippen LogP) is 0.508. The highest BCUT2D eigenvalue weighted by molar-refractivity contribution is 7.87. The van der Waals surface area contributed by atoms with Gasteiger partial charge in [-0.05, 0) is 12.8 Å². The van der Waals surface area contributed by atoms with E-state index in [1.165, 1.54) is 18.4 Å². The fraction of sp³-hybridized carbons (Fsp3) is 0.700. The maximum absolute atomic E-state index is 11.7. The van der Waals surface area contributed by atoms with Gasteiger partial charge in [0.25, 0.3) is 10.2 Å². The number of thiazole rings is 1. The SMILES string of the molecule is CN(C)S(=O)(=O)NCC1CCCN1c1nccs1. The van der Waals surface area contributed by atoms with Crippen LogP contribution in [0.2, 0.25) is 0 Å². The van der Waals surface area contributed by atoms with Gasteiger partial charge in [0.1, 0.15) is 0 Å². The van der Waals surface area contributed by atoms with Gasteiger partial charge in [-0.1, -0.05) is 0 Å². The van der Waals surface area contributed by atoms with Crippen LogP contribution in [0.5, 0.6) is 0 Å². The molecule has 1 aromatic rings. The van der Waals surface area contributed by atoms with Crippen LogP contribution in [0.3, 0.4) is 0 Å². The zero-order valence-electron chi connectivity index (χ0n) is 10.5. The third-order valence-electron chi connectivity index (χ3n) is 3.02. The molecule has 1 unspecified atom stereocenters. The summed E-state index contributed by atoms with van der Waals surface area (Å²) >= 11 is 1.59. The first-order valence-electron chi connectivity index (χ1n) is 5.84. The van der Waals surface area contributed by atoms with Crippen molar-refractivity contribution in [1.29, 1.82) is 0 Å². The second kappa shape index (κ2) is 5.52. The number of hydrogen-bond acceptors (Lipinski definition) is 5. The molecular formula is C10H18N4O2S2. The monoisotopic (exact) mass is 290 g/mol. The van der Waals surface area contributed by atoms with Crippen LogP contribution >= 0.6 is 11.3 Å². The van der Waals surface area contributed by atoms with Gasteiger partial charge in [-0.15, -0.1) is 11.3 Å². The summed E-state index contributed by atoms with van der Waals surface area (Å²) < 4.78 is 27.1. The maximum Gasteiger partial charge on any atom is 0.279 e. The van der Waals surface area contributed by atoms with Gasteiger partial charge in [0.2, 0.25) is 0 Å². The Morgan fingerprint density at radius 3 is 3.00 bits per heavy atom. The highest BCUT2D eigenvalue weighted by Crippen LogP contribution is 2.26. The summed E-state index contributed by atoms with van der Waals surface area (Å²) in [4.78, 5) is 6.47. The minimum absolute atomic E-state index is 0.200. The van der Waals surface area contributed by atoms with Crippen molar-refractivity contribution in [2.24, 2.45) is 0 Å². The fourth-order valence-corrected chi connectivity index (χ4v) is 3.39. The van der Waals surface area contributed by atoms with Gasteiger partial charge in [-0.3, -0.25) is 0 Å². The fourth-order valence-electron chi connectivity index (χ4n) is 1.99. The average molecular weight is 290 g/mol. The molecule has 1 aliphatic rings. The molecule has 1 N–H and O–H groups in total. The van der Waals surface area contributed by atoms with Crippen LogP contribution in [0.4, 0.5) is 5.13 Å². The first kappa shape index (κ1) is 13.7. The van der Waals surface area contributed by atoms with Crippen molar-refractivity contribution in [3.05, 3.63) is 11.6 Å². The normalized spacial score (nSPS) is 20.8. The second-order valence-electron chi connectivity index (χ2n) is 4.44. The molecule has 2 rings (SSSR count). The first-order chi connectivity index (χ1) is 8.50. The van der Waals surface area contributed by atoms with E-state index in [1.807, 2.05) is 5.38 Å². The van der Waals surface area contributed by atoms with Crippen molar-refractivity contribution in [1.82, 2.24) is 14.0 Å². The summed E-state index contributed by atoms with van der Waals surface area (Å²) in [6.45, 7) is 1.38. The third kappa shape index (κ3) is 3.00. The van der Waals surface area contributed by atoms with Crippen molar-refractivity contribution in [2.45, 2.75) is 18.9 Å². The summed E-state index contributed by atoms with van der Waals surface area (Å²) in [6, 6.07) is 0.200. The Morgan fingerprint density at radius 1 is 1.61 bits per heavy atom. The maximum atomic E-state index is 11.7. The lowest BCUT2D eigenvalue weighted by Crippen LogP contribution is -2.44. The van der Waals surface area contributed by atoms with Crippen molar-refractivity contribution in [3.8, 4) is 0 Å². The Balaban J connectivity index is 1.97. The molecule has 2 heterocycles. The van der Waals surface area contributed by atoms with Gasteiger partial charge in [-0.25, -0.2) is 9.71 Å². The highest BCUT2D eigenvalue weighted by atomic mass is 32.2. The molecule has 0 amide bonds. The molecule has 0 spiro atoms. The second-order valence-corrected chi connectivity index (χ2v) is 7.28. The van der Waals surface area contributed by atoms with Gasteiger partial charge in [-0.2, -0.15) is 12.7 Å². The predicted molar refractivity (Wildman–Crippen MR) is 73.1 cm³/mol. The van der Waals surface area contributed by atoms with E-state index in [2.05, 4.69) is 14.6 Å². The quantitative estimate of drug-likeness (QED) is 0.858. The Morgan fingerprint density at radius 2 is 2.39 bits per heavy atom. The molecule has 1 saturated heterocycles. The van der Waals surface area contributed by atoms with Gasteiger partial charge in [0.05, 0.1) is 0 Å². The van der Waals surface area contributed by atoms with Crippen LogP contribution < -0.4 is 9.62 Å². The first-order valence-corrected chi connectivity index (χ1v) is 8.16. The summed E-state index contributed by atoms with van der Waals surface area (Å²) in [5.74, 6) is 0. The van der Waals surface area contributed by atoms with E-state index in [4.69, 9.17) is 0 Å². The number of nitrogens with one attached hydrogen (secondary N) is 1. The van der Waals surface area contributed by atoms with Gasteiger partial charge < -0.3 is 4.90 Å². The molecule has 1 aliphatic heterocycles. The van der Waals surface area contributed by atoms with Crippen LogP contribution in [-0.2, 0) is 10.2 Å². The van der Waals surface area contributed by atoms with Crippen molar-refractivity contribution in [3.63, 3.8) is 0 Å². The molecule has 0 bridgehead atoms. The van der Waals surface area contributed by atoms with E-state index in [0.29, 0.717) is 6.54 Å². The van der Waals surface area contributed by atoms with E-state index in [0.717, 1.165) is 24.5 Å². The number of hydrogen-bond donors (Lipinski definition) is 1. The summed E-state index contributed by atoms with van der Waals surface area (Å²) in [7, 11) is -0.291. The van der Waals surface area contributed by atoms with Gasteiger partial charge >= 0.3 is 0 Å². The molecule has 1 aromatic heterocycles. The molecule has 0 aliphatic carbocycles. The van der Waals surface area contributed by atoms with E-state index in [9.17, 15) is 8.42 Å². The topological polar surface area (TPSA) is 65.5 Å². The lowest BCUT2D eigenvalue weighted by Gasteiger charge is -2.24. The van der Waals surface area contributed by atoms with E-state index >= 15 is 0 Å². The molecule has 0 saturated carbocycles. The van der Waals surface area contributed by atoms with Crippen molar-refractivity contribution >= 4 is 26.7 Å². The van der Waals surface area contributed by atoms with E-state index < -0.39 is 10.2 Å². The molecule has 0 radical (unpaired) electrons.